The first kappa shape index (κ1) is 15.6. The summed E-state index contributed by atoms with van der Waals surface area (Å²) >= 11 is 0. The largest absolute Gasteiger partial charge is 0.478 e. The third-order valence-corrected chi connectivity index (χ3v) is 4.31. The second-order valence-electron chi connectivity index (χ2n) is 6.11. The first-order valence-electron chi connectivity index (χ1n) is 7.11. The molecule has 0 radical (unpaired) electrons. The predicted octanol–water partition coefficient (Wildman–Crippen LogP) is 3.36. The number of carboxylic acid groups (broad SMARTS) is 1. The van der Waals surface area contributed by atoms with E-state index in [-0.39, 0.29) is 18.7 Å². The standard InChI is InChI=1S/C16H15F3N2O2/c1-16(13(17)14(18)19)7-21(8-16)9-2-3-12-11(6-9)10(15(22)23)4-5-20-12/h2-6,13-14H,7-8H2,1H3,(H,22,23). The van der Waals surface area contributed by atoms with E-state index in [0.717, 1.165) is 0 Å². The summed E-state index contributed by atoms with van der Waals surface area (Å²) in [6, 6.07) is 6.47. The van der Waals surface area contributed by atoms with Crippen molar-refractivity contribution < 1.29 is 23.1 Å². The fraction of sp³-hybridized carbons (Fsp3) is 0.375. The van der Waals surface area contributed by atoms with Crippen molar-refractivity contribution in [3.63, 3.8) is 0 Å². The fourth-order valence-corrected chi connectivity index (χ4v) is 3.00. The van der Waals surface area contributed by atoms with Gasteiger partial charge >= 0.3 is 5.97 Å². The number of benzene rings is 1. The summed E-state index contributed by atoms with van der Waals surface area (Å²) in [7, 11) is 0. The number of hydrogen-bond donors (Lipinski definition) is 1. The molecular formula is C16H15F3N2O2. The third kappa shape index (κ3) is 2.60. The summed E-state index contributed by atoms with van der Waals surface area (Å²) < 4.78 is 38.7. The average molecular weight is 324 g/mol. The Morgan fingerprint density at radius 3 is 2.61 bits per heavy atom. The van der Waals surface area contributed by atoms with Gasteiger partial charge in [-0.25, -0.2) is 18.0 Å². The molecule has 0 aliphatic carbocycles. The molecule has 0 amide bonds. The lowest BCUT2D eigenvalue weighted by Gasteiger charge is -2.50. The van der Waals surface area contributed by atoms with E-state index in [1.165, 1.54) is 19.2 Å². The lowest BCUT2D eigenvalue weighted by atomic mass is 9.77. The minimum absolute atomic E-state index is 0.121. The molecule has 1 unspecified atom stereocenters. The molecule has 1 atom stereocenters. The quantitative estimate of drug-likeness (QED) is 0.937. The summed E-state index contributed by atoms with van der Waals surface area (Å²) in [6.45, 7) is 1.81. The van der Waals surface area contributed by atoms with Crippen LogP contribution in [0.1, 0.15) is 17.3 Å². The monoisotopic (exact) mass is 324 g/mol. The lowest BCUT2D eigenvalue weighted by molar-refractivity contribution is -0.0369. The maximum atomic E-state index is 13.6. The van der Waals surface area contributed by atoms with E-state index in [1.54, 1.807) is 23.1 Å². The van der Waals surface area contributed by atoms with E-state index < -0.39 is 24.0 Å². The zero-order chi connectivity index (χ0) is 16.8. The maximum Gasteiger partial charge on any atom is 0.336 e. The van der Waals surface area contributed by atoms with Gasteiger partial charge in [-0.05, 0) is 24.3 Å². The Morgan fingerprint density at radius 1 is 1.30 bits per heavy atom. The van der Waals surface area contributed by atoms with E-state index in [4.69, 9.17) is 0 Å². The van der Waals surface area contributed by atoms with Crippen LogP contribution in [0.15, 0.2) is 30.5 Å². The van der Waals surface area contributed by atoms with Crippen molar-refractivity contribution in [3.8, 4) is 0 Å². The highest BCUT2D eigenvalue weighted by atomic mass is 19.3. The molecule has 0 saturated carbocycles. The Bertz CT molecular complexity index is 760. The number of aromatic carboxylic acids is 1. The van der Waals surface area contributed by atoms with Crippen molar-refractivity contribution in [2.24, 2.45) is 5.41 Å². The van der Waals surface area contributed by atoms with Crippen LogP contribution in [0.5, 0.6) is 0 Å². The number of carbonyl (C=O) groups is 1. The van der Waals surface area contributed by atoms with Gasteiger partial charge in [0, 0.05) is 35.8 Å². The Hall–Kier alpha value is -2.31. The van der Waals surface area contributed by atoms with Crippen LogP contribution < -0.4 is 4.90 Å². The number of alkyl halides is 3. The summed E-state index contributed by atoms with van der Waals surface area (Å²) in [5.74, 6) is -1.07. The van der Waals surface area contributed by atoms with Crippen LogP contribution in [-0.2, 0) is 0 Å². The highest BCUT2D eigenvalue weighted by Gasteiger charge is 2.49. The third-order valence-electron chi connectivity index (χ3n) is 4.31. The van der Waals surface area contributed by atoms with Gasteiger partial charge in [0.1, 0.15) is 0 Å². The van der Waals surface area contributed by atoms with Crippen LogP contribution in [0, 0.1) is 5.41 Å². The van der Waals surface area contributed by atoms with Gasteiger partial charge in [-0.2, -0.15) is 0 Å². The maximum absolute atomic E-state index is 13.6. The number of anilines is 1. The molecule has 4 nitrogen and oxygen atoms in total. The van der Waals surface area contributed by atoms with Crippen molar-refractivity contribution >= 4 is 22.6 Å². The van der Waals surface area contributed by atoms with Gasteiger partial charge in [-0.3, -0.25) is 4.98 Å². The molecule has 7 heteroatoms. The minimum atomic E-state index is -3.00. The van der Waals surface area contributed by atoms with Gasteiger partial charge in [0.25, 0.3) is 6.43 Å². The molecule has 23 heavy (non-hydrogen) atoms. The van der Waals surface area contributed by atoms with Gasteiger partial charge < -0.3 is 10.0 Å². The van der Waals surface area contributed by atoms with Gasteiger partial charge in [0.15, 0.2) is 6.17 Å². The summed E-state index contributed by atoms with van der Waals surface area (Å²) in [6.07, 6.45) is -3.75. The first-order chi connectivity index (χ1) is 10.8. The van der Waals surface area contributed by atoms with Gasteiger partial charge in [-0.1, -0.05) is 6.92 Å². The van der Waals surface area contributed by atoms with E-state index in [0.29, 0.717) is 16.6 Å². The normalized spacial score (nSPS) is 18.0. The Kier molecular flexibility index (Phi) is 3.66. The number of nitrogens with zero attached hydrogens (tertiary/aromatic N) is 2. The number of fused-ring (bicyclic) bond motifs is 1. The summed E-state index contributed by atoms with van der Waals surface area (Å²) in [5.41, 5.74) is 0.240. The summed E-state index contributed by atoms with van der Waals surface area (Å²) in [4.78, 5) is 17.1. The van der Waals surface area contributed by atoms with Crippen molar-refractivity contribution in [3.05, 3.63) is 36.0 Å². The molecule has 1 aromatic heterocycles. The molecule has 2 aromatic rings. The smallest absolute Gasteiger partial charge is 0.336 e. The van der Waals surface area contributed by atoms with Crippen LogP contribution in [0.3, 0.4) is 0 Å². The molecule has 1 N–H and O–H groups in total. The zero-order valence-corrected chi connectivity index (χ0v) is 12.3. The molecule has 0 bridgehead atoms. The molecule has 1 aromatic carbocycles. The first-order valence-corrected chi connectivity index (χ1v) is 7.11. The highest BCUT2D eigenvalue weighted by molar-refractivity contribution is 6.03. The number of aromatic nitrogens is 1. The predicted molar refractivity (Wildman–Crippen MR) is 79.9 cm³/mol. The molecule has 3 rings (SSSR count). The summed E-state index contributed by atoms with van der Waals surface area (Å²) in [5, 5.41) is 9.70. The lowest BCUT2D eigenvalue weighted by Crippen LogP contribution is -2.61. The Balaban J connectivity index is 1.88. The van der Waals surface area contributed by atoms with Crippen LogP contribution in [0.2, 0.25) is 0 Å². The molecule has 1 aliphatic heterocycles. The van der Waals surface area contributed by atoms with Crippen molar-refractivity contribution in [2.45, 2.75) is 19.5 Å². The van der Waals surface area contributed by atoms with Crippen LogP contribution in [-0.4, -0.2) is 41.7 Å². The molecule has 1 saturated heterocycles. The average Bonchev–Trinajstić information content (AvgIpc) is 2.49. The van der Waals surface area contributed by atoms with Crippen LogP contribution in [0.25, 0.3) is 10.9 Å². The molecule has 1 aliphatic rings. The molecule has 1 fully saturated rings. The van der Waals surface area contributed by atoms with E-state index >= 15 is 0 Å². The number of rotatable bonds is 4. The van der Waals surface area contributed by atoms with Crippen molar-refractivity contribution in [1.29, 1.82) is 0 Å². The zero-order valence-electron chi connectivity index (χ0n) is 12.3. The molecule has 0 spiro atoms. The second kappa shape index (κ2) is 5.40. The second-order valence-corrected chi connectivity index (χ2v) is 6.11. The van der Waals surface area contributed by atoms with Gasteiger partial charge in [0.05, 0.1) is 11.1 Å². The molecular weight excluding hydrogens is 309 g/mol. The number of pyridine rings is 1. The van der Waals surface area contributed by atoms with E-state index in [1.807, 2.05) is 0 Å². The highest BCUT2D eigenvalue weighted by Crippen LogP contribution is 2.41. The molecule has 2 heterocycles. The van der Waals surface area contributed by atoms with E-state index in [2.05, 4.69) is 4.98 Å². The number of carboxylic acids is 1. The molecule has 122 valence electrons. The Labute approximate surface area is 130 Å². The Morgan fingerprint density at radius 2 is 2.00 bits per heavy atom. The van der Waals surface area contributed by atoms with Crippen LogP contribution >= 0.6 is 0 Å². The minimum Gasteiger partial charge on any atom is -0.478 e. The SMILES string of the molecule is CC1(C(F)C(F)F)CN(c2ccc3nccc(C(=O)O)c3c2)C1. The van der Waals surface area contributed by atoms with Crippen LogP contribution in [0.4, 0.5) is 18.9 Å². The number of hydrogen-bond acceptors (Lipinski definition) is 3. The van der Waals surface area contributed by atoms with Gasteiger partial charge in [0.2, 0.25) is 0 Å². The fourth-order valence-electron chi connectivity index (χ4n) is 3.00. The van der Waals surface area contributed by atoms with Crippen molar-refractivity contribution in [1.82, 2.24) is 4.98 Å². The number of halogens is 3. The topological polar surface area (TPSA) is 53.4 Å². The van der Waals surface area contributed by atoms with Crippen molar-refractivity contribution in [2.75, 3.05) is 18.0 Å². The van der Waals surface area contributed by atoms with E-state index in [9.17, 15) is 23.1 Å². The van der Waals surface area contributed by atoms with Gasteiger partial charge in [-0.15, -0.1) is 0 Å².